The van der Waals surface area contributed by atoms with E-state index < -0.39 is 17.7 Å². The number of hydrazine groups is 1. The van der Waals surface area contributed by atoms with Crippen molar-refractivity contribution in [3.8, 4) is 5.75 Å². The van der Waals surface area contributed by atoms with E-state index in [1.165, 1.54) is 18.2 Å². The topological polar surface area (TPSA) is 47.3 Å². The van der Waals surface area contributed by atoms with E-state index >= 15 is 0 Å². The summed E-state index contributed by atoms with van der Waals surface area (Å²) in [5.74, 6) is 4.81. The normalized spacial score (nSPS) is 12.2. The number of halogens is 2. The summed E-state index contributed by atoms with van der Waals surface area (Å²) in [6.07, 6.45) is 0. The summed E-state index contributed by atoms with van der Waals surface area (Å²) < 4.78 is 33.1. The maximum Gasteiger partial charge on any atom is 0.131 e. The summed E-state index contributed by atoms with van der Waals surface area (Å²) in [7, 11) is 0. The Morgan fingerprint density at radius 1 is 1.15 bits per heavy atom. The van der Waals surface area contributed by atoms with Crippen LogP contribution in [0.3, 0.4) is 0 Å². The average Bonchev–Trinajstić information content (AvgIpc) is 2.44. The van der Waals surface area contributed by atoms with Gasteiger partial charge in [0.1, 0.15) is 17.4 Å². The second-order valence-electron chi connectivity index (χ2n) is 4.24. The summed E-state index contributed by atoms with van der Waals surface area (Å²) in [5.41, 5.74) is 2.97. The van der Waals surface area contributed by atoms with Gasteiger partial charge < -0.3 is 4.74 Å². The molecule has 0 aliphatic rings. The van der Waals surface area contributed by atoms with Crippen LogP contribution in [0.1, 0.15) is 24.1 Å². The predicted octanol–water partition coefficient (Wildman–Crippen LogP) is 2.92. The second-order valence-corrected chi connectivity index (χ2v) is 4.24. The fourth-order valence-corrected chi connectivity index (χ4v) is 2.08. The molecule has 0 spiro atoms. The minimum absolute atomic E-state index is 0.108. The minimum Gasteiger partial charge on any atom is -0.494 e. The fourth-order valence-electron chi connectivity index (χ4n) is 2.08. The van der Waals surface area contributed by atoms with Crippen molar-refractivity contribution < 1.29 is 13.5 Å². The number of nitrogens with one attached hydrogen (secondary N) is 1. The molecule has 1 atom stereocenters. The quantitative estimate of drug-likeness (QED) is 0.653. The molecule has 0 radical (unpaired) electrons. The summed E-state index contributed by atoms with van der Waals surface area (Å²) in [4.78, 5) is 0. The van der Waals surface area contributed by atoms with Gasteiger partial charge in [-0.1, -0.05) is 18.2 Å². The highest BCUT2D eigenvalue weighted by Gasteiger charge is 2.21. The molecule has 2 aromatic carbocycles. The zero-order chi connectivity index (χ0) is 14.5. The van der Waals surface area contributed by atoms with Gasteiger partial charge in [0, 0.05) is 5.56 Å². The van der Waals surface area contributed by atoms with Crippen LogP contribution in [-0.2, 0) is 0 Å². The molecule has 3 nitrogen and oxygen atoms in total. The van der Waals surface area contributed by atoms with Crippen molar-refractivity contribution in [1.29, 1.82) is 0 Å². The average molecular weight is 278 g/mol. The van der Waals surface area contributed by atoms with Crippen molar-refractivity contribution in [3.63, 3.8) is 0 Å². The van der Waals surface area contributed by atoms with Gasteiger partial charge in [-0.3, -0.25) is 5.84 Å². The molecule has 0 saturated heterocycles. The monoisotopic (exact) mass is 278 g/mol. The number of hydrogen-bond donors (Lipinski definition) is 2. The first-order valence-corrected chi connectivity index (χ1v) is 6.30. The number of benzene rings is 2. The van der Waals surface area contributed by atoms with E-state index in [1.54, 1.807) is 24.3 Å². The van der Waals surface area contributed by atoms with E-state index in [9.17, 15) is 8.78 Å². The lowest BCUT2D eigenvalue weighted by atomic mass is 9.98. The molecule has 0 aromatic heterocycles. The summed E-state index contributed by atoms with van der Waals surface area (Å²) in [6.45, 7) is 2.38. The third-order valence-corrected chi connectivity index (χ3v) is 2.96. The van der Waals surface area contributed by atoms with Gasteiger partial charge in [0.25, 0.3) is 0 Å². The smallest absolute Gasteiger partial charge is 0.131 e. The van der Waals surface area contributed by atoms with Crippen LogP contribution >= 0.6 is 0 Å². The van der Waals surface area contributed by atoms with Crippen molar-refractivity contribution in [2.24, 2.45) is 5.84 Å². The Bertz CT molecular complexity index is 570. The van der Waals surface area contributed by atoms with E-state index in [-0.39, 0.29) is 5.56 Å². The Morgan fingerprint density at radius 2 is 1.80 bits per heavy atom. The third-order valence-electron chi connectivity index (χ3n) is 2.96. The maximum absolute atomic E-state index is 13.9. The molecular weight excluding hydrogens is 262 g/mol. The maximum atomic E-state index is 13.9. The lowest BCUT2D eigenvalue weighted by Gasteiger charge is -2.19. The van der Waals surface area contributed by atoms with Gasteiger partial charge in [-0.25, -0.2) is 14.2 Å². The van der Waals surface area contributed by atoms with E-state index in [0.717, 1.165) is 0 Å². The first-order chi connectivity index (χ1) is 9.67. The first kappa shape index (κ1) is 14.4. The second kappa shape index (κ2) is 6.45. The molecule has 2 rings (SSSR count). The Morgan fingerprint density at radius 3 is 2.40 bits per heavy atom. The molecule has 0 fully saturated rings. The molecule has 1 unspecified atom stereocenters. The molecule has 0 amide bonds. The highest BCUT2D eigenvalue weighted by atomic mass is 19.1. The SMILES string of the molecule is CCOc1cccc(C(NN)c2c(F)cccc2F)c1. The van der Waals surface area contributed by atoms with E-state index in [0.29, 0.717) is 17.9 Å². The van der Waals surface area contributed by atoms with Gasteiger partial charge in [0.2, 0.25) is 0 Å². The summed E-state index contributed by atoms with van der Waals surface area (Å²) in [6, 6.07) is 9.92. The number of ether oxygens (including phenoxy) is 1. The van der Waals surface area contributed by atoms with Crippen LogP contribution in [0.15, 0.2) is 42.5 Å². The van der Waals surface area contributed by atoms with E-state index in [1.807, 2.05) is 6.92 Å². The van der Waals surface area contributed by atoms with Crippen LogP contribution in [0.4, 0.5) is 8.78 Å². The molecule has 5 heteroatoms. The van der Waals surface area contributed by atoms with Gasteiger partial charge in [0.05, 0.1) is 12.6 Å². The molecule has 3 N–H and O–H groups in total. The van der Waals surface area contributed by atoms with Gasteiger partial charge in [0.15, 0.2) is 0 Å². The van der Waals surface area contributed by atoms with Crippen LogP contribution in [0.25, 0.3) is 0 Å². The van der Waals surface area contributed by atoms with Crippen molar-refractivity contribution in [2.75, 3.05) is 6.61 Å². The molecule has 0 aliphatic heterocycles. The minimum atomic E-state index is -0.781. The zero-order valence-electron chi connectivity index (χ0n) is 11.1. The molecule has 0 aliphatic carbocycles. The van der Waals surface area contributed by atoms with Crippen LogP contribution in [0.5, 0.6) is 5.75 Å². The van der Waals surface area contributed by atoms with Gasteiger partial charge in [-0.05, 0) is 36.8 Å². The lowest BCUT2D eigenvalue weighted by molar-refractivity contribution is 0.339. The predicted molar refractivity (Wildman–Crippen MR) is 73.1 cm³/mol. The highest BCUT2D eigenvalue weighted by Crippen LogP contribution is 2.28. The largest absolute Gasteiger partial charge is 0.494 e. The summed E-state index contributed by atoms with van der Waals surface area (Å²) >= 11 is 0. The van der Waals surface area contributed by atoms with Gasteiger partial charge in [-0.2, -0.15) is 0 Å². The third kappa shape index (κ3) is 2.95. The lowest BCUT2D eigenvalue weighted by Crippen LogP contribution is -2.30. The molecule has 0 bridgehead atoms. The molecule has 20 heavy (non-hydrogen) atoms. The number of hydrogen-bond acceptors (Lipinski definition) is 3. The van der Waals surface area contributed by atoms with Crippen molar-refractivity contribution in [1.82, 2.24) is 5.43 Å². The van der Waals surface area contributed by atoms with Gasteiger partial charge >= 0.3 is 0 Å². The van der Waals surface area contributed by atoms with Crippen molar-refractivity contribution in [2.45, 2.75) is 13.0 Å². The zero-order valence-corrected chi connectivity index (χ0v) is 11.1. The Balaban J connectivity index is 2.44. The standard InChI is InChI=1S/C15H16F2N2O/c1-2-20-11-6-3-5-10(9-11)15(19-18)14-12(16)7-4-8-13(14)17/h3-9,15,19H,2,18H2,1H3. The Hall–Kier alpha value is -1.98. The molecule has 2 aromatic rings. The molecule has 106 valence electrons. The van der Waals surface area contributed by atoms with Gasteiger partial charge in [-0.15, -0.1) is 0 Å². The number of rotatable bonds is 5. The Labute approximate surface area is 116 Å². The van der Waals surface area contributed by atoms with Crippen LogP contribution in [0.2, 0.25) is 0 Å². The van der Waals surface area contributed by atoms with E-state index in [2.05, 4.69) is 5.43 Å². The van der Waals surface area contributed by atoms with Crippen LogP contribution < -0.4 is 16.0 Å². The highest BCUT2D eigenvalue weighted by molar-refractivity contribution is 5.37. The fraction of sp³-hybridized carbons (Fsp3) is 0.200. The molecule has 0 saturated carbocycles. The van der Waals surface area contributed by atoms with Crippen LogP contribution in [-0.4, -0.2) is 6.61 Å². The molecular formula is C15H16F2N2O. The Kier molecular flexibility index (Phi) is 4.65. The summed E-state index contributed by atoms with van der Waals surface area (Å²) in [5, 5.41) is 0. The molecule has 0 heterocycles. The van der Waals surface area contributed by atoms with E-state index in [4.69, 9.17) is 10.6 Å². The first-order valence-electron chi connectivity index (χ1n) is 6.30. The van der Waals surface area contributed by atoms with Crippen molar-refractivity contribution in [3.05, 3.63) is 65.2 Å². The number of nitrogens with two attached hydrogens (primary N) is 1. The van der Waals surface area contributed by atoms with Crippen molar-refractivity contribution >= 4 is 0 Å². The van der Waals surface area contributed by atoms with Crippen LogP contribution in [0, 0.1) is 11.6 Å².